The molecule has 6 nitrogen and oxygen atoms in total. The third-order valence-corrected chi connectivity index (χ3v) is 2.91. The normalized spacial score (nSPS) is 16.7. The van der Waals surface area contributed by atoms with Crippen LogP contribution in [0.4, 0.5) is 0 Å². The highest BCUT2D eigenvalue weighted by Crippen LogP contribution is 1.98. The molecule has 0 unspecified atom stereocenters. The maximum absolute atomic E-state index is 11.4. The van der Waals surface area contributed by atoms with Crippen LogP contribution in [0, 0.1) is 0 Å². The van der Waals surface area contributed by atoms with E-state index in [1.165, 1.54) is 0 Å². The van der Waals surface area contributed by atoms with Crippen molar-refractivity contribution in [3.63, 3.8) is 0 Å². The number of hydrogen-bond acceptors (Lipinski definition) is 5. The molecule has 0 aromatic heterocycles. The van der Waals surface area contributed by atoms with Crippen LogP contribution in [0.15, 0.2) is 0 Å². The number of nitrogens with zero attached hydrogens (tertiary/aromatic N) is 1. The molecule has 1 heterocycles. The number of unbranched alkanes of at least 4 members (excludes halogenated alkanes) is 2. The Kier molecular flexibility index (Phi) is 8.75. The number of hydrogen-bond donors (Lipinski definition) is 2. The lowest BCUT2D eigenvalue weighted by atomic mass is 10.2. The molecule has 18 heavy (non-hydrogen) atoms. The second-order valence-electron chi connectivity index (χ2n) is 4.43. The quantitative estimate of drug-likeness (QED) is 0.446. The summed E-state index contributed by atoms with van der Waals surface area (Å²) in [5.41, 5.74) is 7.85. The monoisotopic (exact) mass is 259 g/mol. The number of amides is 1. The molecule has 6 heteroatoms. The minimum atomic E-state index is -0.0472. The standard InChI is InChI=1S/C12H25N3O3/c13-5-3-1-2-4-12(16)14-18-11-8-15-6-9-17-10-7-15/h1-11,13H2,(H,14,16). The van der Waals surface area contributed by atoms with E-state index >= 15 is 0 Å². The summed E-state index contributed by atoms with van der Waals surface area (Å²) < 4.78 is 5.25. The first kappa shape index (κ1) is 15.4. The van der Waals surface area contributed by atoms with Gasteiger partial charge in [0.25, 0.3) is 0 Å². The minimum absolute atomic E-state index is 0.0472. The lowest BCUT2D eigenvalue weighted by Gasteiger charge is -2.26. The van der Waals surface area contributed by atoms with Crippen molar-refractivity contribution < 1.29 is 14.4 Å². The predicted octanol–water partition coefficient (Wildman–Crippen LogP) is -0.114. The molecule has 106 valence electrons. The molecule has 0 saturated carbocycles. The zero-order valence-corrected chi connectivity index (χ0v) is 11.0. The van der Waals surface area contributed by atoms with Crippen molar-refractivity contribution in [3.8, 4) is 0 Å². The molecule has 0 atom stereocenters. The summed E-state index contributed by atoms with van der Waals surface area (Å²) >= 11 is 0. The molecule has 1 aliphatic rings. The lowest BCUT2D eigenvalue weighted by Crippen LogP contribution is -2.39. The molecule has 1 aliphatic heterocycles. The SMILES string of the molecule is NCCCCCC(=O)NOCCN1CCOCC1. The lowest BCUT2D eigenvalue weighted by molar-refractivity contribution is -0.134. The third kappa shape index (κ3) is 7.60. The van der Waals surface area contributed by atoms with Crippen LogP contribution in [0.1, 0.15) is 25.7 Å². The second-order valence-corrected chi connectivity index (χ2v) is 4.43. The highest BCUT2D eigenvalue weighted by atomic mass is 16.7. The Bertz CT molecular complexity index is 221. The van der Waals surface area contributed by atoms with Gasteiger partial charge in [-0.2, -0.15) is 0 Å². The maximum Gasteiger partial charge on any atom is 0.243 e. The highest BCUT2D eigenvalue weighted by molar-refractivity contribution is 5.74. The maximum atomic E-state index is 11.4. The van der Waals surface area contributed by atoms with E-state index in [0.29, 0.717) is 19.6 Å². The number of rotatable bonds is 9. The van der Waals surface area contributed by atoms with Gasteiger partial charge in [-0.1, -0.05) is 6.42 Å². The van der Waals surface area contributed by atoms with Gasteiger partial charge in [0, 0.05) is 26.1 Å². The number of nitrogens with two attached hydrogens (primary N) is 1. The molecule has 1 rings (SSSR count). The molecular weight excluding hydrogens is 234 g/mol. The van der Waals surface area contributed by atoms with E-state index in [1.54, 1.807) is 0 Å². The van der Waals surface area contributed by atoms with Gasteiger partial charge in [0.05, 0.1) is 19.8 Å². The third-order valence-electron chi connectivity index (χ3n) is 2.91. The summed E-state index contributed by atoms with van der Waals surface area (Å²) in [5, 5.41) is 0. The van der Waals surface area contributed by atoms with E-state index in [2.05, 4.69) is 10.4 Å². The number of morpholine rings is 1. The molecule has 3 N–H and O–H groups in total. The number of carbonyl (C=O) groups is 1. The van der Waals surface area contributed by atoms with Gasteiger partial charge in [0.1, 0.15) is 0 Å². The Hall–Kier alpha value is -0.690. The van der Waals surface area contributed by atoms with Crippen molar-refractivity contribution in [2.24, 2.45) is 5.73 Å². The summed E-state index contributed by atoms with van der Waals surface area (Å²) in [4.78, 5) is 18.8. The van der Waals surface area contributed by atoms with Crippen molar-refractivity contribution >= 4 is 5.91 Å². The average Bonchev–Trinajstić information content (AvgIpc) is 2.41. The number of ether oxygens (including phenoxy) is 1. The summed E-state index contributed by atoms with van der Waals surface area (Å²) in [5.74, 6) is -0.0472. The Balaban J connectivity index is 1.88. The number of carbonyl (C=O) groups excluding carboxylic acids is 1. The van der Waals surface area contributed by atoms with E-state index in [4.69, 9.17) is 15.3 Å². The minimum Gasteiger partial charge on any atom is -0.379 e. The summed E-state index contributed by atoms with van der Waals surface area (Å²) in [6.07, 6.45) is 3.36. The van der Waals surface area contributed by atoms with E-state index in [1.807, 2.05) is 0 Å². The Labute approximate surface area is 109 Å². The molecule has 0 aromatic carbocycles. The molecule has 1 saturated heterocycles. The summed E-state index contributed by atoms with van der Waals surface area (Å²) in [6.45, 7) is 5.50. The van der Waals surface area contributed by atoms with Gasteiger partial charge in [0.15, 0.2) is 0 Å². The van der Waals surface area contributed by atoms with Crippen LogP contribution >= 0.6 is 0 Å². The van der Waals surface area contributed by atoms with E-state index in [0.717, 1.165) is 52.1 Å². The average molecular weight is 259 g/mol. The van der Waals surface area contributed by atoms with E-state index < -0.39 is 0 Å². The van der Waals surface area contributed by atoms with Gasteiger partial charge in [-0.25, -0.2) is 5.48 Å². The predicted molar refractivity (Wildman–Crippen MR) is 68.9 cm³/mol. The van der Waals surface area contributed by atoms with Gasteiger partial charge < -0.3 is 10.5 Å². The van der Waals surface area contributed by atoms with Crippen LogP contribution < -0.4 is 11.2 Å². The van der Waals surface area contributed by atoms with Crippen LogP contribution in [0.3, 0.4) is 0 Å². The first-order valence-corrected chi connectivity index (χ1v) is 6.73. The molecule has 1 amide bonds. The molecular formula is C12H25N3O3. The Morgan fingerprint density at radius 2 is 2.06 bits per heavy atom. The molecule has 0 radical (unpaired) electrons. The fraction of sp³-hybridized carbons (Fsp3) is 0.917. The first-order chi connectivity index (χ1) is 8.83. The molecule has 1 fully saturated rings. The van der Waals surface area contributed by atoms with Crippen LogP contribution in [0.5, 0.6) is 0 Å². The Morgan fingerprint density at radius 1 is 1.28 bits per heavy atom. The van der Waals surface area contributed by atoms with Crippen LogP contribution in [0.2, 0.25) is 0 Å². The Morgan fingerprint density at radius 3 is 2.78 bits per heavy atom. The molecule has 0 bridgehead atoms. The van der Waals surface area contributed by atoms with Crippen LogP contribution in [0.25, 0.3) is 0 Å². The van der Waals surface area contributed by atoms with Gasteiger partial charge in [-0.05, 0) is 19.4 Å². The topological polar surface area (TPSA) is 76.8 Å². The van der Waals surface area contributed by atoms with Crippen molar-refractivity contribution in [1.29, 1.82) is 0 Å². The fourth-order valence-corrected chi connectivity index (χ4v) is 1.79. The van der Waals surface area contributed by atoms with Crippen LogP contribution in [-0.4, -0.2) is 56.8 Å². The van der Waals surface area contributed by atoms with Gasteiger partial charge >= 0.3 is 0 Å². The van der Waals surface area contributed by atoms with Gasteiger partial charge in [0.2, 0.25) is 5.91 Å². The van der Waals surface area contributed by atoms with Gasteiger partial charge in [-0.3, -0.25) is 14.5 Å². The molecule has 0 spiro atoms. The zero-order chi connectivity index (χ0) is 13.1. The van der Waals surface area contributed by atoms with E-state index in [9.17, 15) is 4.79 Å². The summed E-state index contributed by atoms with van der Waals surface area (Å²) in [7, 11) is 0. The summed E-state index contributed by atoms with van der Waals surface area (Å²) in [6, 6.07) is 0. The van der Waals surface area contributed by atoms with Gasteiger partial charge in [-0.15, -0.1) is 0 Å². The van der Waals surface area contributed by atoms with Crippen molar-refractivity contribution in [2.45, 2.75) is 25.7 Å². The fourth-order valence-electron chi connectivity index (χ4n) is 1.79. The van der Waals surface area contributed by atoms with Crippen molar-refractivity contribution in [3.05, 3.63) is 0 Å². The highest BCUT2D eigenvalue weighted by Gasteiger charge is 2.09. The number of hydroxylamine groups is 1. The van der Waals surface area contributed by atoms with Crippen LogP contribution in [-0.2, 0) is 14.4 Å². The van der Waals surface area contributed by atoms with Crippen molar-refractivity contribution in [1.82, 2.24) is 10.4 Å². The van der Waals surface area contributed by atoms with Crippen molar-refractivity contribution in [2.75, 3.05) is 46.0 Å². The van der Waals surface area contributed by atoms with E-state index in [-0.39, 0.29) is 5.91 Å². The number of nitrogens with one attached hydrogen (secondary N) is 1. The molecule has 0 aliphatic carbocycles. The first-order valence-electron chi connectivity index (χ1n) is 6.73. The second kappa shape index (κ2) is 10.3. The zero-order valence-electron chi connectivity index (χ0n) is 11.0. The largest absolute Gasteiger partial charge is 0.379 e. The smallest absolute Gasteiger partial charge is 0.243 e. The molecule has 0 aromatic rings.